The van der Waals surface area contributed by atoms with E-state index in [0.717, 1.165) is 44.8 Å². The van der Waals surface area contributed by atoms with Crippen molar-refractivity contribution in [2.45, 2.75) is 32.9 Å². The maximum atomic E-state index is 12.0. The number of anilines is 1. The van der Waals surface area contributed by atoms with Crippen LogP contribution in [0.2, 0.25) is 0 Å². The van der Waals surface area contributed by atoms with E-state index in [4.69, 9.17) is 4.42 Å². The minimum Gasteiger partial charge on any atom is -0.468 e. The molecule has 0 unspecified atom stereocenters. The summed E-state index contributed by atoms with van der Waals surface area (Å²) in [7, 11) is 0. The fourth-order valence-electron chi connectivity index (χ4n) is 2.99. The van der Waals surface area contributed by atoms with E-state index in [0.29, 0.717) is 18.3 Å². The number of aryl methyl sites for hydroxylation is 1. The molecule has 0 aromatic carbocycles. The molecule has 0 radical (unpaired) electrons. The first-order valence-corrected chi connectivity index (χ1v) is 8.42. The lowest BCUT2D eigenvalue weighted by molar-refractivity contribution is 0.156. The molecule has 0 saturated carbocycles. The summed E-state index contributed by atoms with van der Waals surface area (Å²) in [5.41, 5.74) is 0. The van der Waals surface area contributed by atoms with Gasteiger partial charge in [-0.15, -0.1) is 5.10 Å². The number of nitrogens with one attached hydrogen (secondary N) is 2. The molecular weight excluding hydrogens is 308 g/mol. The molecule has 3 rings (SSSR count). The van der Waals surface area contributed by atoms with Gasteiger partial charge in [-0.25, -0.2) is 4.79 Å². The number of hydrogen-bond acceptors (Lipinski definition) is 5. The van der Waals surface area contributed by atoms with E-state index < -0.39 is 0 Å². The standard InChI is InChI=1S/C16H24N6O2/c1-2-22-12-15(19-20-22)18-16(23)17-9-13-5-3-7-21(10-13)11-14-6-4-8-24-14/h4,6,8,12-13H,2-3,5,7,9-11H2,1H3,(H2,17,18,23)/t13-/m0/s1. The minimum atomic E-state index is -0.235. The number of furan rings is 1. The van der Waals surface area contributed by atoms with Crippen molar-refractivity contribution in [3.63, 3.8) is 0 Å². The molecule has 130 valence electrons. The van der Waals surface area contributed by atoms with Gasteiger partial charge in [0.05, 0.1) is 19.0 Å². The number of carbonyl (C=O) groups excluding carboxylic acids is 1. The Labute approximate surface area is 141 Å². The third-order valence-electron chi connectivity index (χ3n) is 4.22. The van der Waals surface area contributed by atoms with Crippen LogP contribution in [0.25, 0.3) is 0 Å². The minimum absolute atomic E-state index is 0.235. The van der Waals surface area contributed by atoms with Crippen LogP contribution >= 0.6 is 0 Å². The molecule has 8 nitrogen and oxygen atoms in total. The Morgan fingerprint density at radius 3 is 3.17 bits per heavy atom. The van der Waals surface area contributed by atoms with Gasteiger partial charge < -0.3 is 9.73 Å². The number of carbonyl (C=O) groups is 1. The quantitative estimate of drug-likeness (QED) is 0.844. The number of hydrogen-bond donors (Lipinski definition) is 2. The zero-order valence-electron chi connectivity index (χ0n) is 13.9. The fourth-order valence-corrected chi connectivity index (χ4v) is 2.99. The van der Waals surface area contributed by atoms with E-state index >= 15 is 0 Å². The second-order valence-corrected chi connectivity index (χ2v) is 6.12. The van der Waals surface area contributed by atoms with E-state index in [-0.39, 0.29) is 6.03 Å². The van der Waals surface area contributed by atoms with Crippen LogP contribution in [0.3, 0.4) is 0 Å². The van der Waals surface area contributed by atoms with Crippen LogP contribution in [0.1, 0.15) is 25.5 Å². The molecule has 2 N–H and O–H groups in total. The van der Waals surface area contributed by atoms with Crippen molar-refractivity contribution < 1.29 is 9.21 Å². The van der Waals surface area contributed by atoms with E-state index in [9.17, 15) is 4.79 Å². The van der Waals surface area contributed by atoms with Crippen LogP contribution in [0.5, 0.6) is 0 Å². The summed E-state index contributed by atoms with van der Waals surface area (Å²) in [6.45, 7) is 6.22. The number of likely N-dealkylation sites (tertiary alicyclic amines) is 1. The number of piperidine rings is 1. The van der Waals surface area contributed by atoms with Crippen molar-refractivity contribution in [3.05, 3.63) is 30.4 Å². The summed E-state index contributed by atoms with van der Waals surface area (Å²) in [6, 6.07) is 3.68. The molecular formula is C16H24N6O2. The van der Waals surface area contributed by atoms with Gasteiger partial charge in [-0.3, -0.25) is 14.9 Å². The fraction of sp³-hybridized carbons (Fsp3) is 0.562. The molecule has 2 aromatic rings. The summed E-state index contributed by atoms with van der Waals surface area (Å²) < 4.78 is 7.08. The van der Waals surface area contributed by atoms with Crippen LogP contribution in [-0.4, -0.2) is 45.6 Å². The van der Waals surface area contributed by atoms with Crippen molar-refractivity contribution >= 4 is 11.8 Å². The molecule has 2 aromatic heterocycles. The Balaban J connectivity index is 1.41. The lowest BCUT2D eigenvalue weighted by Gasteiger charge is -2.32. The summed E-state index contributed by atoms with van der Waals surface area (Å²) in [5.74, 6) is 1.91. The Bertz CT molecular complexity index is 639. The van der Waals surface area contributed by atoms with E-state index in [1.165, 1.54) is 0 Å². The van der Waals surface area contributed by atoms with Crippen LogP contribution in [0, 0.1) is 5.92 Å². The maximum absolute atomic E-state index is 12.0. The summed E-state index contributed by atoms with van der Waals surface area (Å²) in [6.07, 6.45) is 5.68. The van der Waals surface area contributed by atoms with E-state index in [2.05, 4.69) is 25.8 Å². The first-order chi connectivity index (χ1) is 11.7. The summed E-state index contributed by atoms with van der Waals surface area (Å²) in [4.78, 5) is 14.3. The molecule has 24 heavy (non-hydrogen) atoms. The number of aromatic nitrogens is 3. The molecule has 1 fully saturated rings. The first-order valence-electron chi connectivity index (χ1n) is 8.42. The van der Waals surface area contributed by atoms with E-state index in [1.54, 1.807) is 17.1 Å². The number of amides is 2. The lowest BCUT2D eigenvalue weighted by atomic mass is 9.98. The van der Waals surface area contributed by atoms with Crippen molar-refractivity contribution in [2.24, 2.45) is 5.92 Å². The van der Waals surface area contributed by atoms with Crippen LogP contribution in [0.4, 0.5) is 10.6 Å². The average molecular weight is 332 g/mol. The van der Waals surface area contributed by atoms with Crippen molar-refractivity contribution in [2.75, 3.05) is 25.0 Å². The maximum Gasteiger partial charge on any atom is 0.320 e. The van der Waals surface area contributed by atoms with Gasteiger partial charge >= 0.3 is 6.03 Å². The molecule has 1 aliphatic rings. The third kappa shape index (κ3) is 4.58. The number of rotatable bonds is 6. The molecule has 1 saturated heterocycles. The van der Waals surface area contributed by atoms with Gasteiger partial charge in [0.25, 0.3) is 0 Å². The molecule has 0 bridgehead atoms. The second-order valence-electron chi connectivity index (χ2n) is 6.12. The molecule has 1 atom stereocenters. The monoisotopic (exact) mass is 332 g/mol. The predicted octanol–water partition coefficient (Wildman–Crippen LogP) is 1.92. The first kappa shape index (κ1) is 16.5. The Morgan fingerprint density at radius 2 is 2.42 bits per heavy atom. The normalized spacial score (nSPS) is 18.5. The van der Waals surface area contributed by atoms with Crippen molar-refractivity contribution in [1.29, 1.82) is 0 Å². The third-order valence-corrected chi connectivity index (χ3v) is 4.22. The molecule has 0 spiro atoms. The molecule has 8 heteroatoms. The lowest BCUT2D eigenvalue weighted by Crippen LogP contribution is -2.41. The number of nitrogens with zero attached hydrogens (tertiary/aromatic N) is 4. The SMILES string of the molecule is CCn1cc(NC(=O)NC[C@@H]2CCCN(Cc3ccco3)C2)nn1. The Hall–Kier alpha value is -2.35. The van der Waals surface area contributed by atoms with Crippen LogP contribution < -0.4 is 10.6 Å². The smallest absolute Gasteiger partial charge is 0.320 e. The van der Waals surface area contributed by atoms with Gasteiger partial charge in [0.15, 0.2) is 5.82 Å². The Morgan fingerprint density at radius 1 is 1.50 bits per heavy atom. The average Bonchev–Trinajstić information content (AvgIpc) is 3.25. The molecule has 1 aliphatic heterocycles. The molecule has 2 amide bonds. The Kier molecular flexibility index (Phi) is 5.47. The largest absolute Gasteiger partial charge is 0.468 e. The summed E-state index contributed by atoms with van der Waals surface area (Å²) in [5, 5.41) is 13.4. The molecule has 0 aliphatic carbocycles. The second kappa shape index (κ2) is 7.96. The zero-order valence-corrected chi connectivity index (χ0v) is 13.9. The van der Waals surface area contributed by atoms with Gasteiger partial charge in [0, 0.05) is 19.6 Å². The molecule has 3 heterocycles. The highest BCUT2D eigenvalue weighted by Gasteiger charge is 2.21. The highest BCUT2D eigenvalue weighted by Crippen LogP contribution is 2.18. The van der Waals surface area contributed by atoms with Crippen molar-refractivity contribution in [1.82, 2.24) is 25.2 Å². The van der Waals surface area contributed by atoms with Gasteiger partial charge in [0.1, 0.15) is 5.76 Å². The highest BCUT2D eigenvalue weighted by atomic mass is 16.3. The van der Waals surface area contributed by atoms with Crippen molar-refractivity contribution in [3.8, 4) is 0 Å². The van der Waals surface area contributed by atoms with Crippen LogP contribution in [0.15, 0.2) is 29.0 Å². The zero-order chi connectivity index (χ0) is 16.8. The van der Waals surface area contributed by atoms with Gasteiger partial charge in [-0.2, -0.15) is 0 Å². The summed E-state index contributed by atoms with van der Waals surface area (Å²) >= 11 is 0. The van der Waals surface area contributed by atoms with E-state index in [1.807, 2.05) is 19.1 Å². The number of urea groups is 1. The highest BCUT2D eigenvalue weighted by molar-refractivity contribution is 5.87. The van der Waals surface area contributed by atoms with Gasteiger partial charge in [-0.05, 0) is 44.4 Å². The topological polar surface area (TPSA) is 88.2 Å². The van der Waals surface area contributed by atoms with Gasteiger partial charge in [0.2, 0.25) is 0 Å². The van der Waals surface area contributed by atoms with Crippen LogP contribution in [-0.2, 0) is 13.1 Å². The predicted molar refractivity (Wildman–Crippen MR) is 89.4 cm³/mol. The van der Waals surface area contributed by atoms with Gasteiger partial charge in [-0.1, -0.05) is 5.21 Å².